The zero-order valence-electron chi connectivity index (χ0n) is 17.5. The van der Waals surface area contributed by atoms with Gasteiger partial charge in [-0.3, -0.25) is 14.4 Å². The van der Waals surface area contributed by atoms with E-state index in [0.29, 0.717) is 30.2 Å². The molecule has 0 bridgehead atoms. The maximum atomic E-state index is 14.7. The molecule has 33 heavy (non-hydrogen) atoms. The molecule has 4 heterocycles. The summed E-state index contributed by atoms with van der Waals surface area (Å²) >= 11 is 0. The van der Waals surface area contributed by atoms with Gasteiger partial charge >= 0.3 is 0 Å². The quantitative estimate of drug-likeness (QED) is 0.588. The average Bonchev–Trinajstić information content (AvgIpc) is 3.55. The summed E-state index contributed by atoms with van der Waals surface area (Å²) in [5, 5.41) is 10.6. The Morgan fingerprint density at radius 2 is 1.76 bits per heavy atom. The molecular formula is C22H20FN7O3. The smallest absolute Gasteiger partial charge is 0.290 e. The summed E-state index contributed by atoms with van der Waals surface area (Å²) in [6.07, 6.45) is 4.03. The van der Waals surface area contributed by atoms with Gasteiger partial charge in [-0.15, -0.1) is 5.10 Å². The molecule has 5 rings (SSSR count). The maximum absolute atomic E-state index is 14.7. The monoisotopic (exact) mass is 449 g/mol. The van der Waals surface area contributed by atoms with Gasteiger partial charge in [0.05, 0.1) is 30.2 Å². The predicted octanol–water partition coefficient (Wildman–Crippen LogP) is 0.864. The number of carbonyl (C=O) groups is 3. The highest BCUT2D eigenvalue weighted by atomic mass is 19.1. The summed E-state index contributed by atoms with van der Waals surface area (Å²) in [4.78, 5) is 45.7. The SMILES string of the molecule is O=C(C(=O)N1CCN(C(=O)c2ccccc2)CC1)C1CNc2c(-n3ccnn3)ncc(F)c21. The van der Waals surface area contributed by atoms with E-state index in [4.69, 9.17) is 0 Å². The minimum atomic E-state index is -0.971. The van der Waals surface area contributed by atoms with Gasteiger partial charge in [0.15, 0.2) is 5.82 Å². The number of pyridine rings is 1. The van der Waals surface area contributed by atoms with Crippen LogP contribution in [0.5, 0.6) is 0 Å². The molecule has 1 N–H and O–H groups in total. The fraction of sp³-hybridized carbons (Fsp3) is 0.273. The van der Waals surface area contributed by atoms with E-state index >= 15 is 0 Å². The highest BCUT2D eigenvalue weighted by Gasteiger charge is 2.39. The van der Waals surface area contributed by atoms with Crippen molar-refractivity contribution in [2.24, 2.45) is 0 Å². The molecule has 168 valence electrons. The van der Waals surface area contributed by atoms with Gasteiger partial charge in [-0.05, 0) is 12.1 Å². The molecule has 1 aromatic carbocycles. The Bertz CT molecular complexity index is 1210. The summed E-state index contributed by atoms with van der Waals surface area (Å²) < 4.78 is 16.0. The van der Waals surface area contributed by atoms with Crippen molar-refractivity contribution in [3.8, 4) is 5.82 Å². The van der Waals surface area contributed by atoms with E-state index in [2.05, 4.69) is 20.6 Å². The second kappa shape index (κ2) is 8.41. The molecule has 1 fully saturated rings. The average molecular weight is 449 g/mol. The number of hydrogen-bond donors (Lipinski definition) is 1. The lowest BCUT2D eigenvalue weighted by molar-refractivity contribution is -0.146. The standard InChI is InChI=1S/C22H20FN7O3/c23-16-13-25-20(30-7-6-26-27-30)18-17(16)15(12-24-18)19(31)22(33)29-10-8-28(9-11-29)21(32)14-4-2-1-3-5-14/h1-7,13,15,24H,8-12H2. The number of nitrogens with zero attached hydrogens (tertiary/aromatic N) is 6. The molecule has 0 spiro atoms. The highest BCUT2D eigenvalue weighted by molar-refractivity contribution is 6.38. The van der Waals surface area contributed by atoms with Crippen LogP contribution in [0.15, 0.2) is 48.9 Å². The molecule has 2 aliphatic heterocycles. The Kier molecular flexibility index (Phi) is 5.29. The van der Waals surface area contributed by atoms with E-state index in [1.165, 1.54) is 15.8 Å². The number of ketones is 1. The number of piperazine rings is 1. The van der Waals surface area contributed by atoms with Crippen LogP contribution >= 0.6 is 0 Å². The van der Waals surface area contributed by atoms with Gasteiger partial charge in [0.1, 0.15) is 5.82 Å². The molecule has 2 aliphatic rings. The Balaban J connectivity index is 1.29. The predicted molar refractivity (Wildman–Crippen MR) is 114 cm³/mol. The number of halogens is 1. The zero-order valence-corrected chi connectivity index (χ0v) is 17.5. The van der Waals surface area contributed by atoms with Crippen molar-refractivity contribution in [2.45, 2.75) is 5.92 Å². The first-order valence-corrected chi connectivity index (χ1v) is 10.5. The maximum Gasteiger partial charge on any atom is 0.290 e. The fourth-order valence-corrected chi connectivity index (χ4v) is 4.21. The molecule has 11 heteroatoms. The largest absolute Gasteiger partial charge is 0.381 e. The van der Waals surface area contributed by atoms with Crippen molar-refractivity contribution in [3.63, 3.8) is 0 Å². The summed E-state index contributed by atoms with van der Waals surface area (Å²) in [5.74, 6) is -2.82. The third-order valence-corrected chi connectivity index (χ3v) is 5.92. The molecular weight excluding hydrogens is 429 g/mol. The first-order chi connectivity index (χ1) is 16.0. The molecule has 2 aromatic heterocycles. The molecule has 0 saturated carbocycles. The van der Waals surface area contributed by atoms with E-state index in [9.17, 15) is 18.8 Å². The number of carbonyl (C=O) groups excluding carboxylic acids is 3. The van der Waals surface area contributed by atoms with Crippen LogP contribution in [-0.2, 0) is 9.59 Å². The fourth-order valence-electron chi connectivity index (χ4n) is 4.21. The molecule has 2 amide bonds. The van der Waals surface area contributed by atoms with Crippen molar-refractivity contribution in [3.05, 3.63) is 65.9 Å². The second-order valence-electron chi connectivity index (χ2n) is 7.81. The number of aromatic nitrogens is 4. The number of hydrogen-bond acceptors (Lipinski definition) is 7. The van der Waals surface area contributed by atoms with Crippen molar-refractivity contribution in [2.75, 3.05) is 38.0 Å². The third-order valence-electron chi connectivity index (χ3n) is 5.92. The van der Waals surface area contributed by atoms with E-state index in [1.54, 1.807) is 35.4 Å². The van der Waals surface area contributed by atoms with Gasteiger partial charge in [-0.2, -0.15) is 0 Å². The zero-order chi connectivity index (χ0) is 22.9. The number of benzene rings is 1. The van der Waals surface area contributed by atoms with Crippen LogP contribution in [0.4, 0.5) is 10.1 Å². The van der Waals surface area contributed by atoms with E-state index in [-0.39, 0.29) is 31.1 Å². The van der Waals surface area contributed by atoms with Gasteiger partial charge in [0.25, 0.3) is 11.8 Å². The Hall–Kier alpha value is -4.15. The van der Waals surface area contributed by atoms with Crippen molar-refractivity contribution in [1.82, 2.24) is 29.8 Å². The van der Waals surface area contributed by atoms with Gasteiger partial charge in [0, 0.05) is 43.9 Å². The number of amides is 2. The number of fused-ring (bicyclic) bond motifs is 1. The van der Waals surface area contributed by atoms with Crippen LogP contribution in [0.25, 0.3) is 5.82 Å². The van der Waals surface area contributed by atoms with Crippen LogP contribution in [-0.4, -0.2) is 80.1 Å². The van der Waals surface area contributed by atoms with Crippen LogP contribution in [0, 0.1) is 5.82 Å². The molecule has 3 aromatic rings. The number of anilines is 1. The first-order valence-electron chi connectivity index (χ1n) is 10.5. The molecule has 1 saturated heterocycles. The molecule has 1 unspecified atom stereocenters. The lowest BCUT2D eigenvalue weighted by atomic mass is 9.96. The topological polar surface area (TPSA) is 113 Å². The van der Waals surface area contributed by atoms with Gasteiger partial charge in [0.2, 0.25) is 5.78 Å². The first kappa shape index (κ1) is 20.7. The number of nitrogens with one attached hydrogen (secondary N) is 1. The van der Waals surface area contributed by atoms with Gasteiger partial charge in [-0.25, -0.2) is 14.1 Å². The van der Waals surface area contributed by atoms with Crippen LogP contribution < -0.4 is 5.32 Å². The Labute approximate surface area is 188 Å². The summed E-state index contributed by atoms with van der Waals surface area (Å²) in [7, 11) is 0. The van der Waals surface area contributed by atoms with Gasteiger partial charge < -0.3 is 15.1 Å². The third kappa shape index (κ3) is 3.71. The molecule has 1 atom stereocenters. The lowest BCUT2D eigenvalue weighted by Gasteiger charge is -2.34. The summed E-state index contributed by atoms with van der Waals surface area (Å²) in [5.41, 5.74) is 1.01. The highest BCUT2D eigenvalue weighted by Crippen LogP contribution is 2.37. The molecule has 10 nitrogen and oxygen atoms in total. The number of rotatable bonds is 4. The number of Topliss-reactive ketones (excluding diaryl/α,β-unsaturated/α-hetero) is 1. The second-order valence-corrected chi connectivity index (χ2v) is 7.81. The Morgan fingerprint density at radius 1 is 1.03 bits per heavy atom. The Morgan fingerprint density at radius 3 is 2.45 bits per heavy atom. The minimum absolute atomic E-state index is 0.0800. The van der Waals surface area contributed by atoms with Crippen LogP contribution in [0.1, 0.15) is 21.8 Å². The summed E-state index contributed by atoms with van der Waals surface area (Å²) in [6.45, 7) is 1.19. The molecule has 0 aliphatic carbocycles. The van der Waals surface area contributed by atoms with Crippen molar-refractivity contribution in [1.29, 1.82) is 0 Å². The van der Waals surface area contributed by atoms with Crippen LogP contribution in [0.3, 0.4) is 0 Å². The van der Waals surface area contributed by atoms with Crippen molar-refractivity contribution >= 4 is 23.3 Å². The normalized spacial score (nSPS) is 17.4. The van der Waals surface area contributed by atoms with E-state index in [0.717, 1.165) is 6.20 Å². The van der Waals surface area contributed by atoms with E-state index in [1.807, 2.05) is 6.07 Å². The molecule has 0 radical (unpaired) electrons. The summed E-state index contributed by atoms with van der Waals surface area (Å²) in [6, 6.07) is 8.91. The van der Waals surface area contributed by atoms with Gasteiger partial charge in [-0.1, -0.05) is 23.4 Å². The lowest BCUT2D eigenvalue weighted by Crippen LogP contribution is -2.52. The van der Waals surface area contributed by atoms with Crippen LogP contribution in [0.2, 0.25) is 0 Å². The minimum Gasteiger partial charge on any atom is -0.381 e. The van der Waals surface area contributed by atoms with Crippen molar-refractivity contribution < 1.29 is 18.8 Å². The van der Waals surface area contributed by atoms with E-state index < -0.39 is 23.4 Å².